The van der Waals surface area contributed by atoms with Crippen LogP contribution in [0.1, 0.15) is 47.1 Å². The van der Waals surface area contributed by atoms with Gasteiger partial charge in [-0.15, -0.1) is 0 Å². The van der Waals surface area contributed by atoms with Crippen molar-refractivity contribution in [3.63, 3.8) is 0 Å². The molecule has 4 nitrogen and oxygen atoms in total. The zero-order chi connectivity index (χ0) is 21.6. The molecule has 1 unspecified atom stereocenters. The SMILES string of the molecule is CC(C)(OC(=O)c1ccccc1)C(C)(Cc1ccccc1)OC(=O)c1ccccc1. The van der Waals surface area contributed by atoms with Crippen molar-refractivity contribution < 1.29 is 19.1 Å². The Hall–Kier alpha value is -3.40. The molecule has 3 aromatic rings. The zero-order valence-corrected chi connectivity index (χ0v) is 17.5. The summed E-state index contributed by atoms with van der Waals surface area (Å²) in [6.45, 7) is 5.35. The van der Waals surface area contributed by atoms with E-state index < -0.39 is 23.1 Å². The number of hydrogen-bond donors (Lipinski definition) is 0. The van der Waals surface area contributed by atoms with Crippen LogP contribution in [-0.2, 0) is 15.9 Å². The van der Waals surface area contributed by atoms with Gasteiger partial charge in [-0.1, -0.05) is 66.7 Å². The van der Waals surface area contributed by atoms with Gasteiger partial charge in [-0.05, 0) is 50.6 Å². The molecular formula is C26H26O4. The maximum atomic E-state index is 12.9. The van der Waals surface area contributed by atoms with Crippen LogP contribution >= 0.6 is 0 Å². The third kappa shape index (κ3) is 4.95. The minimum absolute atomic E-state index is 0.390. The Balaban J connectivity index is 1.90. The summed E-state index contributed by atoms with van der Waals surface area (Å²) < 4.78 is 11.9. The van der Waals surface area contributed by atoms with E-state index in [1.165, 1.54) is 0 Å². The summed E-state index contributed by atoms with van der Waals surface area (Å²) >= 11 is 0. The molecule has 4 heteroatoms. The Morgan fingerprint density at radius 3 is 1.50 bits per heavy atom. The lowest BCUT2D eigenvalue weighted by atomic mass is 9.81. The maximum Gasteiger partial charge on any atom is 0.338 e. The summed E-state index contributed by atoms with van der Waals surface area (Å²) in [7, 11) is 0. The topological polar surface area (TPSA) is 52.6 Å². The third-order valence-electron chi connectivity index (χ3n) is 5.34. The fourth-order valence-electron chi connectivity index (χ4n) is 3.17. The van der Waals surface area contributed by atoms with Crippen molar-refractivity contribution >= 4 is 11.9 Å². The van der Waals surface area contributed by atoms with Gasteiger partial charge in [0.05, 0.1) is 11.1 Å². The second-order valence-corrected chi connectivity index (χ2v) is 7.91. The molecular weight excluding hydrogens is 376 g/mol. The van der Waals surface area contributed by atoms with Gasteiger partial charge in [-0.2, -0.15) is 0 Å². The van der Waals surface area contributed by atoms with E-state index >= 15 is 0 Å². The first-order valence-electron chi connectivity index (χ1n) is 9.91. The fourth-order valence-corrected chi connectivity index (χ4v) is 3.17. The number of carbonyl (C=O) groups is 2. The fraction of sp³-hybridized carbons (Fsp3) is 0.231. The van der Waals surface area contributed by atoms with Gasteiger partial charge in [-0.3, -0.25) is 0 Å². The highest BCUT2D eigenvalue weighted by molar-refractivity contribution is 5.90. The highest BCUT2D eigenvalue weighted by Gasteiger charge is 2.48. The van der Waals surface area contributed by atoms with Crippen molar-refractivity contribution in [2.24, 2.45) is 0 Å². The molecule has 0 aliphatic carbocycles. The van der Waals surface area contributed by atoms with Crippen LogP contribution in [0.3, 0.4) is 0 Å². The van der Waals surface area contributed by atoms with Gasteiger partial charge in [0.1, 0.15) is 5.60 Å². The molecule has 0 amide bonds. The van der Waals surface area contributed by atoms with Crippen LogP contribution in [0.5, 0.6) is 0 Å². The van der Waals surface area contributed by atoms with E-state index in [-0.39, 0.29) is 0 Å². The summed E-state index contributed by atoms with van der Waals surface area (Å²) in [6, 6.07) is 27.3. The summed E-state index contributed by atoms with van der Waals surface area (Å²) in [5.74, 6) is -0.923. The molecule has 30 heavy (non-hydrogen) atoms. The van der Waals surface area contributed by atoms with Crippen molar-refractivity contribution in [1.29, 1.82) is 0 Å². The molecule has 0 N–H and O–H groups in total. The van der Waals surface area contributed by atoms with Crippen LogP contribution in [0.2, 0.25) is 0 Å². The largest absolute Gasteiger partial charge is 0.452 e. The minimum Gasteiger partial charge on any atom is -0.452 e. The van der Waals surface area contributed by atoms with Crippen molar-refractivity contribution in [3.8, 4) is 0 Å². The lowest BCUT2D eigenvalue weighted by molar-refractivity contribution is -0.133. The average molecular weight is 402 g/mol. The van der Waals surface area contributed by atoms with Crippen LogP contribution in [0, 0.1) is 0 Å². The predicted molar refractivity (Wildman–Crippen MR) is 116 cm³/mol. The number of hydrogen-bond acceptors (Lipinski definition) is 4. The van der Waals surface area contributed by atoms with Crippen LogP contribution in [0.25, 0.3) is 0 Å². The molecule has 0 aromatic heterocycles. The van der Waals surface area contributed by atoms with E-state index in [2.05, 4.69) is 0 Å². The molecule has 0 saturated carbocycles. The van der Waals surface area contributed by atoms with E-state index in [0.29, 0.717) is 17.5 Å². The standard InChI is InChI=1S/C26H26O4/c1-25(2,29-23(27)21-15-9-5-10-16-21)26(3,19-20-13-7-4-8-14-20)30-24(28)22-17-11-6-12-18-22/h4-18H,19H2,1-3H3. The first-order chi connectivity index (χ1) is 14.3. The van der Waals surface area contributed by atoms with E-state index in [4.69, 9.17) is 9.47 Å². The van der Waals surface area contributed by atoms with Gasteiger partial charge < -0.3 is 9.47 Å². The Morgan fingerprint density at radius 1 is 0.633 bits per heavy atom. The molecule has 1 atom stereocenters. The normalized spacial score (nSPS) is 13.2. The van der Waals surface area contributed by atoms with Gasteiger partial charge in [0.2, 0.25) is 0 Å². The number of benzene rings is 3. The Morgan fingerprint density at radius 2 is 1.03 bits per heavy atom. The Bertz CT molecular complexity index is 981. The van der Waals surface area contributed by atoms with Gasteiger partial charge >= 0.3 is 11.9 Å². The van der Waals surface area contributed by atoms with Crippen LogP contribution < -0.4 is 0 Å². The first-order valence-corrected chi connectivity index (χ1v) is 9.91. The summed E-state index contributed by atoms with van der Waals surface area (Å²) in [5, 5.41) is 0. The number of rotatable bonds is 7. The molecule has 154 valence electrons. The third-order valence-corrected chi connectivity index (χ3v) is 5.34. The van der Waals surface area contributed by atoms with Gasteiger partial charge in [0.25, 0.3) is 0 Å². The second-order valence-electron chi connectivity index (χ2n) is 7.91. The number of carbonyl (C=O) groups excluding carboxylic acids is 2. The zero-order valence-electron chi connectivity index (χ0n) is 17.5. The first kappa shape index (κ1) is 21.3. The molecule has 3 rings (SSSR count). The summed E-state index contributed by atoms with van der Waals surface area (Å²) in [5.41, 5.74) is -0.333. The molecule has 0 radical (unpaired) electrons. The lowest BCUT2D eigenvalue weighted by Gasteiger charge is -2.42. The quantitative estimate of drug-likeness (QED) is 0.491. The molecule has 0 saturated heterocycles. The van der Waals surface area contributed by atoms with Gasteiger partial charge in [0, 0.05) is 6.42 Å². The number of esters is 2. The van der Waals surface area contributed by atoms with Crippen LogP contribution in [0.15, 0.2) is 91.0 Å². The highest BCUT2D eigenvalue weighted by Crippen LogP contribution is 2.35. The smallest absolute Gasteiger partial charge is 0.338 e. The Kier molecular flexibility index (Phi) is 6.36. The van der Waals surface area contributed by atoms with Crippen molar-refractivity contribution in [2.75, 3.05) is 0 Å². The van der Waals surface area contributed by atoms with Crippen LogP contribution in [-0.4, -0.2) is 23.1 Å². The monoisotopic (exact) mass is 402 g/mol. The van der Waals surface area contributed by atoms with Crippen molar-refractivity contribution in [2.45, 2.75) is 38.4 Å². The van der Waals surface area contributed by atoms with Crippen molar-refractivity contribution in [1.82, 2.24) is 0 Å². The maximum absolute atomic E-state index is 12.9. The molecule has 0 fully saturated rings. The van der Waals surface area contributed by atoms with Crippen molar-refractivity contribution in [3.05, 3.63) is 108 Å². The summed E-state index contributed by atoms with van der Waals surface area (Å²) in [4.78, 5) is 25.6. The summed E-state index contributed by atoms with van der Waals surface area (Å²) in [6.07, 6.45) is 0.390. The van der Waals surface area contributed by atoms with Gasteiger partial charge in [0.15, 0.2) is 5.60 Å². The molecule has 0 spiro atoms. The van der Waals surface area contributed by atoms with Gasteiger partial charge in [-0.25, -0.2) is 9.59 Å². The van der Waals surface area contributed by atoms with E-state index in [9.17, 15) is 9.59 Å². The van der Waals surface area contributed by atoms with E-state index in [1.807, 2.05) is 42.5 Å². The van der Waals surface area contributed by atoms with E-state index in [1.54, 1.807) is 69.3 Å². The molecule has 0 bridgehead atoms. The predicted octanol–water partition coefficient (Wildman–Crippen LogP) is 5.48. The molecule has 3 aromatic carbocycles. The molecule has 0 aliphatic heterocycles. The van der Waals surface area contributed by atoms with Crippen LogP contribution in [0.4, 0.5) is 0 Å². The minimum atomic E-state index is -1.11. The highest BCUT2D eigenvalue weighted by atomic mass is 16.6. The molecule has 0 heterocycles. The Labute approximate surface area is 177 Å². The van der Waals surface area contributed by atoms with E-state index in [0.717, 1.165) is 5.56 Å². The molecule has 0 aliphatic rings. The lowest BCUT2D eigenvalue weighted by Crippen LogP contribution is -2.55. The second kappa shape index (κ2) is 8.95. The number of ether oxygens (including phenoxy) is 2. The average Bonchev–Trinajstić information content (AvgIpc) is 2.75.